The van der Waals surface area contributed by atoms with Crippen molar-refractivity contribution in [3.63, 3.8) is 0 Å². The van der Waals surface area contributed by atoms with Crippen LogP contribution < -0.4 is 11.1 Å². The van der Waals surface area contributed by atoms with Gasteiger partial charge in [-0.3, -0.25) is 0 Å². The minimum Gasteiger partial charge on any atom is -0.315 e. The smallest absolute Gasteiger partial charge is 0.0750 e. The standard InChI is InChI=1S/C14H32N4/c1-4-9-13(15)18(14(16-3)10-5-2)17-11-7-6-8-12-17/h13-14,16H,4-12,15H2,1-3H3. The molecule has 108 valence electrons. The van der Waals surface area contributed by atoms with E-state index in [4.69, 9.17) is 5.73 Å². The van der Waals surface area contributed by atoms with Crippen molar-refractivity contribution < 1.29 is 0 Å². The van der Waals surface area contributed by atoms with Crippen molar-refractivity contribution in [2.45, 2.75) is 71.1 Å². The highest BCUT2D eigenvalue weighted by molar-refractivity contribution is 4.74. The second kappa shape index (κ2) is 8.86. The zero-order valence-electron chi connectivity index (χ0n) is 12.5. The lowest BCUT2D eigenvalue weighted by Gasteiger charge is -2.45. The number of piperidine rings is 1. The fourth-order valence-corrected chi connectivity index (χ4v) is 2.86. The fraction of sp³-hybridized carbons (Fsp3) is 1.00. The number of nitrogens with zero attached hydrogens (tertiary/aromatic N) is 2. The maximum absolute atomic E-state index is 6.41. The lowest BCUT2D eigenvalue weighted by atomic mass is 10.1. The Hall–Kier alpha value is -0.160. The summed E-state index contributed by atoms with van der Waals surface area (Å²) < 4.78 is 0. The molecule has 0 amide bonds. The van der Waals surface area contributed by atoms with Gasteiger partial charge in [0.25, 0.3) is 0 Å². The van der Waals surface area contributed by atoms with E-state index in [1.54, 1.807) is 0 Å². The van der Waals surface area contributed by atoms with Crippen LogP contribution in [0.25, 0.3) is 0 Å². The molecule has 0 saturated carbocycles. The molecule has 18 heavy (non-hydrogen) atoms. The van der Waals surface area contributed by atoms with Crippen molar-refractivity contribution in [3.05, 3.63) is 0 Å². The van der Waals surface area contributed by atoms with Crippen LogP contribution in [-0.2, 0) is 0 Å². The largest absolute Gasteiger partial charge is 0.315 e. The Morgan fingerprint density at radius 2 is 1.72 bits per heavy atom. The number of hydrogen-bond donors (Lipinski definition) is 2. The van der Waals surface area contributed by atoms with Crippen LogP contribution in [0.4, 0.5) is 0 Å². The van der Waals surface area contributed by atoms with Crippen molar-refractivity contribution in [2.75, 3.05) is 20.1 Å². The summed E-state index contributed by atoms with van der Waals surface area (Å²) in [6.45, 7) is 6.78. The molecule has 1 rings (SSSR count). The minimum atomic E-state index is 0.150. The molecule has 1 aliphatic heterocycles. The lowest BCUT2D eigenvalue weighted by molar-refractivity contribution is -0.115. The predicted octanol–water partition coefficient (Wildman–Crippen LogP) is 2.12. The van der Waals surface area contributed by atoms with Crippen LogP contribution in [-0.4, -0.2) is 42.5 Å². The predicted molar refractivity (Wildman–Crippen MR) is 77.9 cm³/mol. The number of hydrazine groups is 1. The molecular weight excluding hydrogens is 224 g/mol. The van der Waals surface area contributed by atoms with Gasteiger partial charge in [-0.25, -0.2) is 10.0 Å². The lowest BCUT2D eigenvalue weighted by Crippen LogP contribution is -2.61. The van der Waals surface area contributed by atoms with Gasteiger partial charge in [-0.15, -0.1) is 0 Å². The molecule has 3 N–H and O–H groups in total. The van der Waals surface area contributed by atoms with E-state index in [0.29, 0.717) is 6.17 Å². The third-order valence-electron chi connectivity index (χ3n) is 3.80. The molecule has 1 aliphatic rings. The molecule has 0 spiro atoms. The summed E-state index contributed by atoms with van der Waals surface area (Å²) in [6.07, 6.45) is 9.07. The Morgan fingerprint density at radius 1 is 1.11 bits per heavy atom. The number of rotatable bonds is 8. The molecule has 0 radical (unpaired) electrons. The molecule has 0 aromatic rings. The summed E-state index contributed by atoms with van der Waals surface area (Å²) in [5.41, 5.74) is 6.41. The zero-order valence-corrected chi connectivity index (χ0v) is 12.5. The molecule has 2 unspecified atom stereocenters. The molecule has 4 heteroatoms. The first-order chi connectivity index (χ1) is 8.74. The first-order valence-electron chi connectivity index (χ1n) is 7.70. The third-order valence-corrected chi connectivity index (χ3v) is 3.80. The molecular formula is C14H32N4. The van der Waals surface area contributed by atoms with E-state index in [2.05, 4.69) is 36.2 Å². The van der Waals surface area contributed by atoms with E-state index < -0.39 is 0 Å². The summed E-state index contributed by atoms with van der Waals surface area (Å²) in [5.74, 6) is 0. The fourth-order valence-electron chi connectivity index (χ4n) is 2.86. The van der Waals surface area contributed by atoms with Gasteiger partial charge in [0.2, 0.25) is 0 Å². The van der Waals surface area contributed by atoms with Crippen molar-refractivity contribution in [1.82, 2.24) is 15.3 Å². The van der Waals surface area contributed by atoms with Crippen molar-refractivity contribution in [1.29, 1.82) is 0 Å². The number of nitrogens with one attached hydrogen (secondary N) is 1. The van der Waals surface area contributed by atoms with Crippen LogP contribution in [0.5, 0.6) is 0 Å². The van der Waals surface area contributed by atoms with E-state index in [1.165, 1.54) is 38.8 Å². The second-order valence-corrected chi connectivity index (χ2v) is 5.34. The van der Waals surface area contributed by atoms with Gasteiger partial charge >= 0.3 is 0 Å². The first-order valence-corrected chi connectivity index (χ1v) is 7.70. The Labute approximate surface area is 113 Å². The summed E-state index contributed by atoms with van der Waals surface area (Å²) in [6, 6.07) is 0. The second-order valence-electron chi connectivity index (χ2n) is 5.34. The normalized spacial score (nSPS) is 21.2. The van der Waals surface area contributed by atoms with Gasteiger partial charge < -0.3 is 11.1 Å². The molecule has 0 aromatic carbocycles. The maximum atomic E-state index is 6.41. The first kappa shape index (κ1) is 15.9. The van der Waals surface area contributed by atoms with Crippen LogP contribution in [0.1, 0.15) is 58.8 Å². The Kier molecular flexibility index (Phi) is 7.82. The van der Waals surface area contributed by atoms with Gasteiger partial charge in [-0.2, -0.15) is 0 Å². The van der Waals surface area contributed by atoms with E-state index in [0.717, 1.165) is 19.3 Å². The third kappa shape index (κ3) is 4.50. The van der Waals surface area contributed by atoms with Crippen LogP contribution in [0.2, 0.25) is 0 Å². The molecule has 1 heterocycles. The van der Waals surface area contributed by atoms with E-state index in [-0.39, 0.29) is 6.17 Å². The summed E-state index contributed by atoms with van der Waals surface area (Å²) >= 11 is 0. The van der Waals surface area contributed by atoms with Gasteiger partial charge in [0.15, 0.2) is 0 Å². The molecule has 2 atom stereocenters. The van der Waals surface area contributed by atoms with Gasteiger partial charge in [0.1, 0.15) is 0 Å². The zero-order chi connectivity index (χ0) is 13.4. The Morgan fingerprint density at radius 3 is 2.22 bits per heavy atom. The van der Waals surface area contributed by atoms with Crippen LogP contribution in [0.3, 0.4) is 0 Å². The molecule has 0 aliphatic carbocycles. The van der Waals surface area contributed by atoms with Gasteiger partial charge in [0, 0.05) is 13.1 Å². The summed E-state index contributed by atoms with van der Waals surface area (Å²) in [4.78, 5) is 0. The highest BCUT2D eigenvalue weighted by Gasteiger charge is 2.28. The highest BCUT2D eigenvalue weighted by atomic mass is 15.7. The Balaban J connectivity index is 2.70. The Bertz CT molecular complexity index is 199. The van der Waals surface area contributed by atoms with Crippen molar-refractivity contribution >= 4 is 0 Å². The quantitative estimate of drug-likeness (QED) is 0.653. The van der Waals surface area contributed by atoms with Crippen LogP contribution in [0, 0.1) is 0 Å². The van der Waals surface area contributed by atoms with Crippen LogP contribution in [0.15, 0.2) is 0 Å². The number of hydrogen-bond acceptors (Lipinski definition) is 4. The summed E-state index contributed by atoms with van der Waals surface area (Å²) in [7, 11) is 2.05. The van der Waals surface area contributed by atoms with Crippen molar-refractivity contribution in [2.24, 2.45) is 5.73 Å². The minimum absolute atomic E-state index is 0.150. The van der Waals surface area contributed by atoms with E-state index in [9.17, 15) is 0 Å². The maximum Gasteiger partial charge on any atom is 0.0750 e. The van der Waals surface area contributed by atoms with E-state index in [1.807, 2.05) is 0 Å². The molecule has 4 nitrogen and oxygen atoms in total. The molecule has 0 bridgehead atoms. The summed E-state index contributed by atoms with van der Waals surface area (Å²) in [5, 5.41) is 8.35. The average Bonchev–Trinajstić information content (AvgIpc) is 2.39. The molecule has 1 fully saturated rings. The topological polar surface area (TPSA) is 44.5 Å². The molecule has 0 aromatic heterocycles. The van der Waals surface area contributed by atoms with Gasteiger partial charge in [0.05, 0.1) is 12.3 Å². The monoisotopic (exact) mass is 256 g/mol. The van der Waals surface area contributed by atoms with Crippen LogP contribution >= 0.6 is 0 Å². The average molecular weight is 256 g/mol. The molecule has 1 saturated heterocycles. The van der Waals surface area contributed by atoms with Gasteiger partial charge in [-0.1, -0.05) is 33.1 Å². The van der Waals surface area contributed by atoms with Crippen molar-refractivity contribution in [3.8, 4) is 0 Å². The van der Waals surface area contributed by atoms with Gasteiger partial charge in [-0.05, 0) is 32.7 Å². The highest BCUT2D eigenvalue weighted by Crippen LogP contribution is 2.18. The number of nitrogens with two attached hydrogens (primary N) is 1. The SMILES string of the molecule is CCCC(N)N(C(CCC)NC)N1CCCCC1. The van der Waals surface area contributed by atoms with E-state index >= 15 is 0 Å².